The van der Waals surface area contributed by atoms with Crippen molar-refractivity contribution >= 4 is 40.7 Å². The second kappa shape index (κ2) is 8.58. The van der Waals surface area contributed by atoms with E-state index in [1.807, 2.05) is 0 Å². The maximum absolute atomic E-state index is 12.7. The van der Waals surface area contributed by atoms with Crippen molar-refractivity contribution in [2.45, 2.75) is 31.6 Å². The third kappa shape index (κ3) is 5.94. The molecule has 1 aliphatic rings. The summed E-state index contributed by atoms with van der Waals surface area (Å²) in [6.07, 6.45) is -2.49. The average molecular weight is 410 g/mol. The van der Waals surface area contributed by atoms with Crippen molar-refractivity contribution in [1.29, 1.82) is 0 Å². The number of alkyl halides is 3. The van der Waals surface area contributed by atoms with E-state index >= 15 is 0 Å². The molecule has 2 nitrogen and oxygen atoms in total. The summed E-state index contributed by atoms with van der Waals surface area (Å²) in [5.41, 5.74) is 5.89. The van der Waals surface area contributed by atoms with E-state index in [9.17, 15) is 13.2 Å². The molecule has 1 fully saturated rings. The van der Waals surface area contributed by atoms with E-state index in [0.717, 1.165) is 36.5 Å². The number of nitrogens with two attached hydrogens (primary N) is 1. The predicted molar refractivity (Wildman–Crippen MR) is 86.1 cm³/mol. The largest absolute Gasteiger partial charge is 0.416 e. The van der Waals surface area contributed by atoms with Crippen LogP contribution in [-0.2, 0) is 12.7 Å². The minimum Gasteiger partial charge on any atom is -0.328 e. The first-order valence-electron chi connectivity index (χ1n) is 6.20. The van der Waals surface area contributed by atoms with Crippen molar-refractivity contribution in [2.24, 2.45) is 5.73 Å². The summed E-state index contributed by atoms with van der Waals surface area (Å²) in [6.45, 7) is 2.20. The first kappa shape index (κ1) is 21.0. The van der Waals surface area contributed by atoms with Crippen LogP contribution >= 0.6 is 40.7 Å². The Hall–Kier alpha value is -0.0100. The fourth-order valence-corrected chi connectivity index (χ4v) is 2.60. The zero-order valence-corrected chi connectivity index (χ0v) is 14.4. The molecule has 1 saturated heterocycles. The Balaban J connectivity index is 0.00000200. The van der Waals surface area contributed by atoms with Crippen molar-refractivity contribution in [3.8, 4) is 0 Å². The molecule has 0 radical (unpaired) electrons. The van der Waals surface area contributed by atoms with Gasteiger partial charge in [-0.2, -0.15) is 13.2 Å². The zero-order chi connectivity index (χ0) is 14.0. The molecule has 2 rings (SSSR count). The minimum atomic E-state index is -4.29. The molecule has 0 unspecified atom stereocenters. The molecule has 8 heteroatoms. The van der Waals surface area contributed by atoms with Gasteiger partial charge < -0.3 is 5.73 Å². The fourth-order valence-electron chi connectivity index (χ4n) is 2.22. The standard InChI is InChI=1S/C13H16BrF3N2.2ClH/c14-12-2-1-10(13(15,16)17)7-9(12)8-19-5-3-11(18)4-6-19;;/h1-2,7,11H,3-6,8,18H2;2*1H. The van der Waals surface area contributed by atoms with E-state index in [-0.39, 0.29) is 30.9 Å². The third-order valence-corrected chi connectivity index (χ3v) is 4.17. The molecule has 122 valence electrons. The predicted octanol–water partition coefficient (Wildman–Crippen LogP) is 4.23. The molecule has 1 heterocycles. The average Bonchev–Trinajstić information content (AvgIpc) is 2.33. The number of nitrogens with zero attached hydrogens (tertiary/aromatic N) is 1. The van der Waals surface area contributed by atoms with E-state index in [1.54, 1.807) is 0 Å². The molecular formula is C13H18BrCl2F3N2. The molecule has 1 aromatic rings. The first-order chi connectivity index (χ1) is 8.86. The lowest BCUT2D eigenvalue weighted by molar-refractivity contribution is -0.137. The van der Waals surface area contributed by atoms with Crippen molar-refractivity contribution in [3.05, 3.63) is 33.8 Å². The van der Waals surface area contributed by atoms with E-state index in [0.29, 0.717) is 12.1 Å². The van der Waals surface area contributed by atoms with Gasteiger partial charge in [0.25, 0.3) is 0 Å². The summed E-state index contributed by atoms with van der Waals surface area (Å²) in [5, 5.41) is 0. The summed E-state index contributed by atoms with van der Waals surface area (Å²) in [6, 6.07) is 4.01. The smallest absolute Gasteiger partial charge is 0.328 e. The van der Waals surface area contributed by atoms with Crippen molar-refractivity contribution in [2.75, 3.05) is 13.1 Å². The highest BCUT2D eigenvalue weighted by molar-refractivity contribution is 9.10. The fraction of sp³-hybridized carbons (Fsp3) is 0.538. The molecule has 0 aromatic heterocycles. The molecular weight excluding hydrogens is 392 g/mol. The molecule has 0 bridgehead atoms. The number of rotatable bonds is 2. The van der Waals surface area contributed by atoms with Gasteiger partial charge in [0.05, 0.1) is 5.56 Å². The highest BCUT2D eigenvalue weighted by Gasteiger charge is 2.31. The van der Waals surface area contributed by atoms with Crippen LogP contribution in [0.5, 0.6) is 0 Å². The third-order valence-electron chi connectivity index (χ3n) is 3.40. The molecule has 1 aliphatic heterocycles. The number of piperidine rings is 1. The van der Waals surface area contributed by atoms with E-state index in [1.165, 1.54) is 12.1 Å². The van der Waals surface area contributed by atoms with E-state index in [2.05, 4.69) is 20.8 Å². The maximum atomic E-state index is 12.7. The number of hydrogen-bond acceptors (Lipinski definition) is 2. The number of benzene rings is 1. The van der Waals surface area contributed by atoms with Gasteiger partial charge in [-0.25, -0.2) is 0 Å². The van der Waals surface area contributed by atoms with Crippen LogP contribution in [-0.4, -0.2) is 24.0 Å². The monoisotopic (exact) mass is 408 g/mol. The SMILES string of the molecule is Cl.Cl.NC1CCN(Cc2cc(C(F)(F)F)ccc2Br)CC1. The normalized spacial score (nSPS) is 17.0. The van der Waals surface area contributed by atoms with Crippen LogP contribution in [0.3, 0.4) is 0 Å². The highest BCUT2D eigenvalue weighted by Crippen LogP contribution is 2.32. The number of halogens is 6. The summed E-state index contributed by atoms with van der Waals surface area (Å²) in [4.78, 5) is 2.14. The number of hydrogen-bond donors (Lipinski definition) is 1. The lowest BCUT2D eigenvalue weighted by Crippen LogP contribution is -2.39. The topological polar surface area (TPSA) is 29.3 Å². The quantitative estimate of drug-likeness (QED) is 0.791. The van der Waals surface area contributed by atoms with E-state index < -0.39 is 11.7 Å². The van der Waals surface area contributed by atoms with Gasteiger partial charge in [0.15, 0.2) is 0 Å². The van der Waals surface area contributed by atoms with Crippen molar-refractivity contribution in [1.82, 2.24) is 4.90 Å². The Morgan fingerprint density at radius 2 is 1.76 bits per heavy atom. The van der Waals surface area contributed by atoms with Gasteiger partial charge in [-0.3, -0.25) is 4.90 Å². The van der Waals surface area contributed by atoms with Crippen LogP contribution in [0.25, 0.3) is 0 Å². The van der Waals surface area contributed by atoms with Crippen LogP contribution in [0.1, 0.15) is 24.0 Å². The first-order valence-corrected chi connectivity index (χ1v) is 6.99. The second-order valence-corrected chi connectivity index (χ2v) is 5.77. The van der Waals surface area contributed by atoms with Gasteiger partial charge in [0, 0.05) is 17.1 Å². The van der Waals surface area contributed by atoms with Crippen LogP contribution in [0.4, 0.5) is 13.2 Å². The highest BCUT2D eigenvalue weighted by atomic mass is 79.9. The van der Waals surface area contributed by atoms with Gasteiger partial charge in [-0.1, -0.05) is 15.9 Å². The zero-order valence-electron chi connectivity index (χ0n) is 11.2. The Bertz CT molecular complexity index is 450. The van der Waals surface area contributed by atoms with Gasteiger partial charge in [0.2, 0.25) is 0 Å². The molecule has 0 atom stereocenters. The Kier molecular flexibility index (Phi) is 8.57. The Morgan fingerprint density at radius 3 is 2.29 bits per heavy atom. The molecule has 1 aromatic carbocycles. The van der Waals surface area contributed by atoms with Crippen LogP contribution in [0, 0.1) is 0 Å². The molecule has 2 N–H and O–H groups in total. The summed E-state index contributed by atoms with van der Waals surface area (Å²) in [7, 11) is 0. The van der Waals surface area contributed by atoms with Gasteiger partial charge >= 0.3 is 6.18 Å². The van der Waals surface area contributed by atoms with Crippen LogP contribution in [0.15, 0.2) is 22.7 Å². The summed E-state index contributed by atoms with van der Waals surface area (Å²) < 4.78 is 38.8. The maximum Gasteiger partial charge on any atom is 0.416 e. The molecule has 0 aliphatic carbocycles. The number of likely N-dealkylation sites (tertiary alicyclic amines) is 1. The Labute approximate surface area is 143 Å². The molecule has 0 spiro atoms. The van der Waals surface area contributed by atoms with Gasteiger partial charge in [0.1, 0.15) is 0 Å². The molecule has 0 amide bonds. The summed E-state index contributed by atoms with van der Waals surface area (Å²) >= 11 is 3.32. The molecule has 21 heavy (non-hydrogen) atoms. The lowest BCUT2D eigenvalue weighted by atomic mass is 10.0. The van der Waals surface area contributed by atoms with Crippen LogP contribution < -0.4 is 5.73 Å². The van der Waals surface area contributed by atoms with Gasteiger partial charge in [-0.05, 0) is 49.7 Å². The summed E-state index contributed by atoms with van der Waals surface area (Å²) in [5.74, 6) is 0. The van der Waals surface area contributed by atoms with E-state index in [4.69, 9.17) is 5.73 Å². The second-order valence-electron chi connectivity index (χ2n) is 4.92. The lowest BCUT2D eigenvalue weighted by Gasteiger charge is -2.30. The van der Waals surface area contributed by atoms with Crippen molar-refractivity contribution < 1.29 is 13.2 Å². The van der Waals surface area contributed by atoms with Crippen LogP contribution in [0.2, 0.25) is 0 Å². The van der Waals surface area contributed by atoms with Gasteiger partial charge in [-0.15, -0.1) is 24.8 Å². The molecule has 0 saturated carbocycles. The Morgan fingerprint density at radius 1 is 1.19 bits per heavy atom. The minimum absolute atomic E-state index is 0. The van der Waals surface area contributed by atoms with Crippen molar-refractivity contribution in [3.63, 3.8) is 0 Å².